The van der Waals surface area contributed by atoms with Gasteiger partial charge in [0.05, 0.1) is 12.2 Å². The standard InChI is InChI=1S/C20H27N5O3S2/c1-20(2,3)28-18(27)23-7-9-24(10-8-23)19(29)30-14-16-13-25(22-21-16)12-15-5-4-6-17(26)11-15/h4-6,11,13,26H,7-10,12,14H2,1-3H3. The van der Waals surface area contributed by atoms with Crippen LogP contribution < -0.4 is 0 Å². The maximum atomic E-state index is 12.2. The van der Waals surface area contributed by atoms with Crippen molar-refractivity contribution in [3.8, 4) is 5.75 Å². The van der Waals surface area contributed by atoms with Crippen molar-refractivity contribution in [1.29, 1.82) is 0 Å². The van der Waals surface area contributed by atoms with Crippen LogP contribution in [0.3, 0.4) is 0 Å². The van der Waals surface area contributed by atoms with Crippen molar-refractivity contribution < 1.29 is 14.6 Å². The summed E-state index contributed by atoms with van der Waals surface area (Å²) in [5.41, 5.74) is 1.31. The lowest BCUT2D eigenvalue weighted by Gasteiger charge is -2.36. The molecule has 10 heteroatoms. The molecule has 0 atom stereocenters. The van der Waals surface area contributed by atoms with E-state index in [4.69, 9.17) is 17.0 Å². The number of aromatic hydroxyl groups is 1. The predicted octanol–water partition coefficient (Wildman–Crippen LogP) is 3.10. The summed E-state index contributed by atoms with van der Waals surface area (Å²) in [4.78, 5) is 16.0. The highest BCUT2D eigenvalue weighted by Gasteiger charge is 2.26. The molecule has 1 aromatic heterocycles. The van der Waals surface area contributed by atoms with Gasteiger partial charge in [-0.2, -0.15) is 0 Å². The number of phenolic OH excluding ortho intramolecular Hbond substituents is 1. The minimum atomic E-state index is -0.488. The summed E-state index contributed by atoms with van der Waals surface area (Å²) in [5.74, 6) is 0.867. The van der Waals surface area contributed by atoms with Gasteiger partial charge in [0.25, 0.3) is 0 Å². The minimum Gasteiger partial charge on any atom is -0.508 e. The first-order valence-electron chi connectivity index (χ1n) is 9.76. The number of amides is 1. The fraction of sp³-hybridized carbons (Fsp3) is 0.500. The molecule has 0 bridgehead atoms. The topological polar surface area (TPSA) is 83.7 Å². The molecule has 0 saturated carbocycles. The van der Waals surface area contributed by atoms with Gasteiger partial charge in [-0.25, -0.2) is 9.48 Å². The lowest BCUT2D eigenvalue weighted by Crippen LogP contribution is -2.50. The van der Waals surface area contributed by atoms with Gasteiger partial charge in [0.2, 0.25) is 0 Å². The Morgan fingerprint density at radius 3 is 2.60 bits per heavy atom. The van der Waals surface area contributed by atoms with E-state index in [2.05, 4.69) is 15.2 Å². The molecule has 1 aliphatic rings. The number of ether oxygens (including phenoxy) is 1. The Balaban J connectivity index is 1.43. The molecule has 1 amide bonds. The minimum absolute atomic E-state index is 0.237. The van der Waals surface area contributed by atoms with E-state index in [1.165, 1.54) is 0 Å². The molecule has 1 fully saturated rings. The van der Waals surface area contributed by atoms with Gasteiger partial charge in [-0.3, -0.25) is 0 Å². The molecule has 0 aliphatic carbocycles. The van der Waals surface area contributed by atoms with Crippen LogP contribution in [0.4, 0.5) is 4.79 Å². The van der Waals surface area contributed by atoms with E-state index in [1.54, 1.807) is 39.5 Å². The van der Waals surface area contributed by atoms with Crippen LogP contribution in [0.1, 0.15) is 32.0 Å². The maximum Gasteiger partial charge on any atom is 0.410 e. The van der Waals surface area contributed by atoms with E-state index in [9.17, 15) is 9.90 Å². The van der Waals surface area contributed by atoms with Crippen molar-refractivity contribution in [2.75, 3.05) is 26.2 Å². The Bertz CT molecular complexity index is 889. The molecule has 0 radical (unpaired) electrons. The number of piperazine rings is 1. The number of thiocarbonyl (C=S) groups is 1. The van der Waals surface area contributed by atoms with Crippen LogP contribution in [0.25, 0.3) is 0 Å². The summed E-state index contributed by atoms with van der Waals surface area (Å²) in [7, 11) is 0. The van der Waals surface area contributed by atoms with E-state index in [-0.39, 0.29) is 11.8 Å². The zero-order valence-electron chi connectivity index (χ0n) is 17.4. The number of nitrogens with zero attached hydrogens (tertiary/aromatic N) is 5. The second-order valence-electron chi connectivity index (χ2n) is 8.09. The highest BCUT2D eigenvalue weighted by Crippen LogP contribution is 2.18. The first-order valence-corrected chi connectivity index (χ1v) is 11.2. The summed E-state index contributed by atoms with van der Waals surface area (Å²) in [5, 5.41) is 17.9. The number of carbonyl (C=O) groups excluding carboxylic acids is 1. The highest BCUT2D eigenvalue weighted by molar-refractivity contribution is 8.22. The SMILES string of the molecule is CC(C)(C)OC(=O)N1CCN(C(=S)SCc2cn(Cc3cccc(O)c3)nn2)CC1. The molecule has 0 unspecified atom stereocenters. The molecule has 2 heterocycles. The third kappa shape index (κ3) is 6.60. The van der Waals surface area contributed by atoms with Gasteiger partial charge >= 0.3 is 6.09 Å². The number of benzene rings is 1. The van der Waals surface area contributed by atoms with Gasteiger partial charge in [0.1, 0.15) is 15.7 Å². The maximum absolute atomic E-state index is 12.2. The predicted molar refractivity (Wildman–Crippen MR) is 121 cm³/mol. The van der Waals surface area contributed by atoms with Crippen molar-refractivity contribution in [1.82, 2.24) is 24.8 Å². The number of hydrogen-bond donors (Lipinski definition) is 1. The molecule has 1 aromatic carbocycles. The first-order chi connectivity index (χ1) is 14.2. The Kier molecular flexibility index (Phi) is 7.19. The van der Waals surface area contributed by atoms with Gasteiger partial charge in [-0.05, 0) is 38.5 Å². The summed E-state index contributed by atoms with van der Waals surface area (Å²) < 4.78 is 7.96. The van der Waals surface area contributed by atoms with Crippen LogP contribution in [-0.2, 0) is 17.0 Å². The highest BCUT2D eigenvalue weighted by atomic mass is 32.2. The lowest BCUT2D eigenvalue weighted by atomic mass is 10.2. The van der Waals surface area contributed by atoms with Gasteiger partial charge < -0.3 is 19.6 Å². The van der Waals surface area contributed by atoms with Crippen LogP contribution in [0.5, 0.6) is 5.75 Å². The van der Waals surface area contributed by atoms with Crippen LogP contribution in [0.15, 0.2) is 30.5 Å². The van der Waals surface area contributed by atoms with Crippen LogP contribution in [0, 0.1) is 0 Å². The fourth-order valence-corrected chi connectivity index (χ4v) is 4.08. The van der Waals surface area contributed by atoms with Crippen molar-refractivity contribution in [3.63, 3.8) is 0 Å². The van der Waals surface area contributed by atoms with Gasteiger partial charge in [-0.15, -0.1) is 5.10 Å². The lowest BCUT2D eigenvalue weighted by molar-refractivity contribution is 0.0189. The molecular weight excluding hydrogens is 422 g/mol. The Morgan fingerprint density at radius 2 is 1.93 bits per heavy atom. The molecule has 1 N–H and O–H groups in total. The van der Waals surface area contributed by atoms with Gasteiger partial charge in [0.15, 0.2) is 0 Å². The van der Waals surface area contributed by atoms with Gasteiger partial charge in [0, 0.05) is 38.1 Å². The zero-order chi connectivity index (χ0) is 21.7. The molecule has 1 saturated heterocycles. The number of hydrogen-bond acceptors (Lipinski definition) is 7. The molecule has 2 aromatic rings. The van der Waals surface area contributed by atoms with E-state index in [1.807, 2.05) is 33.0 Å². The van der Waals surface area contributed by atoms with Crippen LogP contribution >= 0.6 is 24.0 Å². The fourth-order valence-electron chi connectivity index (χ4n) is 2.95. The largest absolute Gasteiger partial charge is 0.508 e. The molecule has 8 nitrogen and oxygen atoms in total. The molecule has 1 aliphatic heterocycles. The number of carbonyl (C=O) groups is 1. The van der Waals surface area contributed by atoms with Crippen molar-refractivity contribution in [2.24, 2.45) is 0 Å². The third-order valence-electron chi connectivity index (χ3n) is 4.37. The monoisotopic (exact) mass is 449 g/mol. The third-order valence-corrected chi connectivity index (χ3v) is 5.93. The molecule has 162 valence electrons. The molecule has 3 rings (SSSR count). The summed E-state index contributed by atoms with van der Waals surface area (Å²) in [6.07, 6.45) is 1.61. The van der Waals surface area contributed by atoms with E-state index in [0.29, 0.717) is 38.5 Å². The normalized spacial score (nSPS) is 14.6. The summed E-state index contributed by atoms with van der Waals surface area (Å²) in [6, 6.07) is 7.09. The molecule has 30 heavy (non-hydrogen) atoms. The summed E-state index contributed by atoms with van der Waals surface area (Å²) >= 11 is 7.11. The zero-order valence-corrected chi connectivity index (χ0v) is 19.1. The first kappa shape index (κ1) is 22.4. The molecular formula is C20H27N5O3S2. The Hall–Kier alpha value is -2.33. The van der Waals surface area contributed by atoms with E-state index >= 15 is 0 Å². The average molecular weight is 450 g/mol. The smallest absolute Gasteiger partial charge is 0.410 e. The Labute approximate surface area is 186 Å². The molecule has 0 spiro atoms. The van der Waals surface area contributed by atoms with E-state index < -0.39 is 5.60 Å². The van der Waals surface area contributed by atoms with Crippen molar-refractivity contribution in [2.45, 2.75) is 38.7 Å². The number of rotatable bonds is 4. The van der Waals surface area contributed by atoms with Crippen LogP contribution in [-0.4, -0.2) is 72.1 Å². The van der Waals surface area contributed by atoms with Crippen molar-refractivity contribution in [3.05, 3.63) is 41.7 Å². The number of thioether (sulfide) groups is 1. The summed E-state index contributed by atoms with van der Waals surface area (Å²) in [6.45, 7) is 8.71. The van der Waals surface area contributed by atoms with Crippen LogP contribution in [0.2, 0.25) is 0 Å². The second kappa shape index (κ2) is 9.65. The average Bonchev–Trinajstić information content (AvgIpc) is 3.12. The number of phenols is 1. The van der Waals surface area contributed by atoms with E-state index in [0.717, 1.165) is 15.6 Å². The second-order valence-corrected chi connectivity index (χ2v) is 9.70. The van der Waals surface area contributed by atoms with Gasteiger partial charge in [-0.1, -0.05) is 41.3 Å². The van der Waals surface area contributed by atoms with Crippen molar-refractivity contribution >= 4 is 34.4 Å². The quantitative estimate of drug-likeness (QED) is 0.713. The Morgan fingerprint density at radius 1 is 1.23 bits per heavy atom. The number of aromatic nitrogens is 3.